The molecule has 1 N–H and O–H groups in total. The molecule has 0 bridgehead atoms. The molecule has 0 saturated carbocycles. The highest BCUT2D eigenvalue weighted by Gasteiger charge is 2.26. The van der Waals surface area contributed by atoms with E-state index in [1.807, 2.05) is 12.1 Å². The zero-order valence-electron chi connectivity index (χ0n) is 11.4. The molecule has 0 spiro atoms. The minimum absolute atomic E-state index is 0.175. The molecule has 2 rings (SSSR count). The van der Waals surface area contributed by atoms with Crippen LogP contribution in [-0.4, -0.2) is 50.7 Å². The van der Waals surface area contributed by atoms with Crippen LogP contribution in [0.2, 0.25) is 0 Å². The fourth-order valence-corrected chi connectivity index (χ4v) is 2.49. The van der Waals surface area contributed by atoms with E-state index in [4.69, 9.17) is 0 Å². The van der Waals surface area contributed by atoms with E-state index in [1.54, 1.807) is 0 Å². The predicted octanol–water partition coefficient (Wildman–Crippen LogP) is 1.55. The lowest BCUT2D eigenvalue weighted by Gasteiger charge is -2.42. The van der Waals surface area contributed by atoms with E-state index in [0.717, 1.165) is 25.3 Å². The molecule has 4 heteroatoms. The van der Waals surface area contributed by atoms with Gasteiger partial charge in [0.2, 0.25) is 0 Å². The minimum atomic E-state index is -0.175. The van der Waals surface area contributed by atoms with Crippen LogP contribution in [0, 0.1) is 5.82 Å². The molecule has 1 saturated heterocycles. The van der Waals surface area contributed by atoms with Gasteiger partial charge in [0, 0.05) is 31.4 Å². The molecule has 2 unspecified atom stereocenters. The highest BCUT2D eigenvalue weighted by Crippen LogP contribution is 2.20. The Morgan fingerprint density at radius 1 is 1.33 bits per heavy atom. The second-order valence-electron chi connectivity index (χ2n) is 5.35. The smallest absolute Gasteiger partial charge is 0.123 e. The molecule has 1 aromatic rings. The Bertz CT molecular complexity index is 377. The van der Waals surface area contributed by atoms with Crippen LogP contribution < -0.4 is 10.2 Å². The second-order valence-corrected chi connectivity index (χ2v) is 5.35. The summed E-state index contributed by atoms with van der Waals surface area (Å²) >= 11 is 0. The van der Waals surface area contributed by atoms with E-state index in [1.165, 1.54) is 12.1 Å². The Morgan fingerprint density at radius 3 is 2.61 bits per heavy atom. The lowest BCUT2D eigenvalue weighted by Crippen LogP contribution is -2.58. The van der Waals surface area contributed by atoms with Crippen LogP contribution in [0.1, 0.15) is 6.92 Å². The van der Waals surface area contributed by atoms with Gasteiger partial charge < -0.3 is 15.1 Å². The zero-order valence-corrected chi connectivity index (χ0v) is 11.4. The third-order valence-corrected chi connectivity index (χ3v) is 3.35. The average Bonchev–Trinajstić information content (AvgIpc) is 2.32. The van der Waals surface area contributed by atoms with Gasteiger partial charge in [0.15, 0.2) is 0 Å². The number of halogens is 1. The molecule has 0 aromatic heterocycles. The van der Waals surface area contributed by atoms with Crippen molar-refractivity contribution < 1.29 is 4.39 Å². The van der Waals surface area contributed by atoms with Crippen LogP contribution >= 0.6 is 0 Å². The van der Waals surface area contributed by atoms with Gasteiger partial charge in [-0.3, -0.25) is 0 Å². The lowest BCUT2D eigenvalue weighted by atomic mass is 10.1. The standard InChI is InChI=1S/C14H22FN3/c1-11-9-18(13-6-4-12(15)5-7-13)14(8-16-11)10-17(2)3/h4-7,11,14,16H,8-10H2,1-3H3. The van der Waals surface area contributed by atoms with Crippen molar-refractivity contribution in [2.24, 2.45) is 0 Å². The number of likely N-dealkylation sites (N-methyl/N-ethyl adjacent to an activating group) is 1. The van der Waals surface area contributed by atoms with E-state index in [-0.39, 0.29) is 5.82 Å². The predicted molar refractivity (Wildman–Crippen MR) is 73.6 cm³/mol. The van der Waals surface area contributed by atoms with Crippen LogP contribution in [0.15, 0.2) is 24.3 Å². The van der Waals surface area contributed by atoms with Crippen molar-refractivity contribution in [2.45, 2.75) is 19.0 Å². The summed E-state index contributed by atoms with van der Waals surface area (Å²) in [5.74, 6) is -0.175. The zero-order chi connectivity index (χ0) is 13.1. The van der Waals surface area contributed by atoms with Gasteiger partial charge in [-0.15, -0.1) is 0 Å². The van der Waals surface area contributed by atoms with Crippen LogP contribution in [0.4, 0.5) is 10.1 Å². The molecule has 18 heavy (non-hydrogen) atoms. The summed E-state index contributed by atoms with van der Waals surface area (Å²) in [6.45, 7) is 5.11. The molecule has 3 nitrogen and oxygen atoms in total. The van der Waals surface area contributed by atoms with Gasteiger partial charge in [0.25, 0.3) is 0 Å². The molecule has 0 aliphatic carbocycles. The topological polar surface area (TPSA) is 18.5 Å². The van der Waals surface area contributed by atoms with Crippen LogP contribution in [-0.2, 0) is 0 Å². The molecular weight excluding hydrogens is 229 g/mol. The van der Waals surface area contributed by atoms with Crippen molar-refractivity contribution in [3.05, 3.63) is 30.1 Å². The van der Waals surface area contributed by atoms with E-state index >= 15 is 0 Å². The number of hydrogen-bond acceptors (Lipinski definition) is 3. The van der Waals surface area contributed by atoms with Gasteiger partial charge >= 0.3 is 0 Å². The number of nitrogens with one attached hydrogen (secondary N) is 1. The highest BCUT2D eigenvalue weighted by molar-refractivity contribution is 5.48. The number of piperazine rings is 1. The molecule has 100 valence electrons. The second kappa shape index (κ2) is 5.67. The summed E-state index contributed by atoms with van der Waals surface area (Å²) in [6, 6.07) is 7.71. The third kappa shape index (κ3) is 3.21. The van der Waals surface area contributed by atoms with Gasteiger partial charge in [-0.25, -0.2) is 4.39 Å². The Morgan fingerprint density at radius 2 is 2.00 bits per heavy atom. The van der Waals surface area contributed by atoms with E-state index in [2.05, 4.69) is 36.1 Å². The maximum Gasteiger partial charge on any atom is 0.123 e. The van der Waals surface area contributed by atoms with Gasteiger partial charge in [0.1, 0.15) is 5.82 Å². The fraction of sp³-hybridized carbons (Fsp3) is 0.571. The maximum absolute atomic E-state index is 13.0. The van der Waals surface area contributed by atoms with E-state index < -0.39 is 0 Å². The van der Waals surface area contributed by atoms with Crippen molar-refractivity contribution in [1.82, 2.24) is 10.2 Å². The van der Waals surface area contributed by atoms with E-state index in [0.29, 0.717) is 12.1 Å². The first-order valence-corrected chi connectivity index (χ1v) is 6.46. The fourth-order valence-electron chi connectivity index (χ4n) is 2.49. The molecule has 2 atom stereocenters. The summed E-state index contributed by atoms with van der Waals surface area (Å²) in [5, 5.41) is 3.51. The minimum Gasteiger partial charge on any atom is -0.364 e. The van der Waals surface area contributed by atoms with Gasteiger partial charge in [0.05, 0.1) is 6.04 Å². The Labute approximate surface area is 109 Å². The molecule has 1 aliphatic heterocycles. The summed E-state index contributed by atoms with van der Waals surface area (Å²) in [5.41, 5.74) is 1.11. The molecule has 1 fully saturated rings. The first kappa shape index (κ1) is 13.3. The van der Waals surface area contributed by atoms with Crippen LogP contribution in [0.3, 0.4) is 0 Å². The van der Waals surface area contributed by atoms with Crippen molar-refractivity contribution >= 4 is 5.69 Å². The number of nitrogens with zero attached hydrogens (tertiary/aromatic N) is 2. The molecule has 1 aromatic carbocycles. The van der Waals surface area contributed by atoms with E-state index in [9.17, 15) is 4.39 Å². The SMILES string of the molecule is CC1CN(c2ccc(F)cc2)C(CN(C)C)CN1. The number of rotatable bonds is 3. The summed E-state index contributed by atoms with van der Waals surface area (Å²) < 4.78 is 13.0. The Kier molecular flexibility index (Phi) is 4.19. The summed E-state index contributed by atoms with van der Waals surface area (Å²) in [4.78, 5) is 4.57. The largest absolute Gasteiger partial charge is 0.364 e. The molecule has 0 amide bonds. The maximum atomic E-state index is 13.0. The normalized spacial score (nSPS) is 24.6. The van der Waals surface area contributed by atoms with Gasteiger partial charge in [-0.05, 0) is 45.3 Å². The highest BCUT2D eigenvalue weighted by atomic mass is 19.1. The summed E-state index contributed by atoms with van der Waals surface area (Å²) in [7, 11) is 4.17. The Balaban J connectivity index is 2.16. The molecule has 0 radical (unpaired) electrons. The van der Waals surface area contributed by atoms with Crippen molar-refractivity contribution in [1.29, 1.82) is 0 Å². The van der Waals surface area contributed by atoms with Crippen molar-refractivity contribution in [3.63, 3.8) is 0 Å². The molecular formula is C14H22FN3. The number of anilines is 1. The monoisotopic (exact) mass is 251 g/mol. The number of hydrogen-bond donors (Lipinski definition) is 1. The quantitative estimate of drug-likeness (QED) is 0.879. The van der Waals surface area contributed by atoms with Gasteiger partial charge in [-0.1, -0.05) is 0 Å². The summed E-state index contributed by atoms with van der Waals surface area (Å²) in [6.07, 6.45) is 0. The first-order chi connectivity index (χ1) is 8.56. The van der Waals surface area contributed by atoms with Crippen LogP contribution in [0.25, 0.3) is 0 Å². The molecule has 1 aliphatic rings. The first-order valence-electron chi connectivity index (χ1n) is 6.46. The van der Waals surface area contributed by atoms with Crippen molar-refractivity contribution in [2.75, 3.05) is 38.6 Å². The average molecular weight is 251 g/mol. The van der Waals surface area contributed by atoms with Gasteiger partial charge in [-0.2, -0.15) is 0 Å². The Hall–Kier alpha value is -1.13. The lowest BCUT2D eigenvalue weighted by molar-refractivity contribution is 0.317. The third-order valence-electron chi connectivity index (χ3n) is 3.35. The van der Waals surface area contributed by atoms with Crippen LogP contribution in [0.5, 0.6) is 0 Å². The molecule has 1 heterocycles. The van der Waals surface area contributed by atoms with Crippen molar-refractivity contribution in [3.8, 4) is 0 Å². The number of benzene rings is 1.